The smallest absolute Gasteiger partial charge is 0.247 e. The Morgan fingerprint density at radius 1 is 1.60 bits per heavy atom. The van der Waals surface area contributed by atoms with Gasteiger partial charge in [0.25, 0.3) is 0 Å². The second-order valence-corrected chi connectivity index (χ2v) is 3.62. The third kappa shape index (κ3) is 1.78. The summed E-state index contributed by atoms with van der Waals surface area (Å²) >= 11 is 0. The van der Waals surface area contributed by atoms with Gasteiger partial charge in [-0.1, -0.05) is 18.7 Å². The van der Waals surface area contributed by atoms with E-state index in [9.17, 15) is 9.90 Å². The minimum absolute atomic E-state index is 0.218. The molecule has 0 saturated heterocycles. The van der Waals surface area contributed by atoms with E-state index in [4.69, 9.17) is 0 Å². The van der Waals surface area contributed by atoms with E-state index in [1.807, 2.05) is 18.2 Å². The molecule has 1 unspecified atom stereocenters. The second-order valence-electron chi connectivity index (χ2n) is 3.62. The largest absolute Gasteiger partial charge is 0.388 e. The summed E-state index contributed by atoms with van der Waals surface area (Å²) in [5, 5.41) is 12.4. The summed E-state index contributed by atoms with van der Waals surface area (Å²) in [5.41, 5.74) is 2.76. The Morgan fingerprint density at radius 2 is 2.40 bits per heavy atom. The van der Waals surface area contributed by atoms with E-state index in [0.717, 1.165) is 29.7 Å². The summed E-state index contributed by atoms with van der Waals surface area (Å²) in [5.74, 6) is -0.218. The van der Waals surface area contributed by atoms with Crippen molar-refractivity contribution >= 4 is 11.6 Å². The zero-order valence-electron chi connectivity index (χ0n) is 8.36. The highest BCUT2D eigenvalue weighted by Gasteiger charge is 2.22. The summed E-state index contributed by atoms with van der Waals surface area (Å²) in [6, 6.07) is 5.58. The van der Waals surface area contributed by atoms with E-state index in [0.29, 0.717) is 0 Å². The quantitative estimate of drug-likeness (QED) is 0.720. The van der Waals surface area contributed by atoms with Gasteiger partial charge < -0.3 is 10.4 Å². The van der Waals surface area contributed by atoms with Crippen LogP contribution in [0.25, 0.3) is 0 Å². The monoisotopic (exact) mass is 203 g/mol. The van der Waals surface area contributed by atoms with Crippen molar-refractivity contribution in [3.05, 3.63) is 42.0 Å². The number of amides is 1. The van der Waals surface area contributed by atoms with Crippen molar-refractivity contribution < 1.29 is 9.90 Å². The molecule has 0 saturated carbocycles. The number of carbonyl (C=O) groups is 1. The lowest BCUT2D eigenvalue weighted by Crippen LogP contribution is -2.09. The molecule has 2 N–H and O–H groups in total. The fourth-order valence-corrected chi connectivity index (χ4v) is 1.93. The van der Waals surface area contributed by atoms with Crippen molar-refractivity contribution in [1.82, 2.24) is 0 Å². The number of rotatable bonds is 2. The molecule has 0 spiro atoms. The highest BCUT2D eigenvalue weighted by Crippen LogP contribution is 2.35. The van der Waals surface area contributed by atoms with Gasteiger partial charge in [0.1, 0.15) is 0 Å². The molecule has 3 heteroatoms. The Bertz CT molecular complexity index is 412. The van der Waals surface area contributed by atoms with Crippen LogP contribution < -0.4 is 5.32 Å². The van der Waals surface area contributed by atoms with Crippen LogP contribution in [0.2, 0.25) is 0 Å². The van der Waals surface area contributed by atoms with Gasteiger partial charge in [0.2, 0.25) is 5.91 Å². The van der Waals surface area contributed by atoms with Crippen LogP contribution >= 0.6 is 0 Å². The zero-order valence-corrected chi connectivity index (χ0v) is 8.36. The van der Waals surface area contributed by atoms with Crippen LogP contribution in [-0.2, 0) is 11.2 Å². The van der Waals surface area contributed by atoms with Gasteiger partial charge >= 0.3 is 0 Å². The molecule has 1 amide bonds. The Balaban J connectivity index is 2.34. The van der Waals surface area contributed by atoms with E-state index >= 15 is 0 Å². The first kappa shape index (κ1) is 9.93. The molecule has 1 aromatic carbocycles. The molecule has 0 fully saturated rings. The van der Waals surface area contributed by atoms with Crippen LogP contribution in [0.1, 0.15) is 23.7 Å². The van der Waals surface area contributed by atoms with Gasteiger partial charge in [0.05, 0.1) is 6.10 Å². The maximum atomic E-state index is 11.2. The lowest BCUT2D eigenvalue weighted by molar-refractivity contribution is -0.111. The first-order valence-electron chi connectivity index (χ1n) is 4.95. The molecule has 3 nitrogen and oxygen atoms in total. The van der Waals surface area contributed by atoms with E-state index in [-0.39, 0.29) is 12.0 Å². The van der Waals surface area contributed by atoms with Gasteiger partial charge in [-0.3, -0.25) is 4.79 Å². The number of benzene rings is 1. The van der Waals surface area contributed by atoms with Gasteiger partial charge in [-0.15, -0.1) is 0 Å². The lowest BCUT2D eigenvalue weighted by Gasteiger charge is -2.09. The fourth-order valence-electron chi connectivity index (χ4n) is 1.93. The molecule has 1 atom stereocenters. The molecule has 0 aromatic heterocycles. The molecule has 1 aromatic rings. The second kappa shape index (κ2) is 3.87. The van der Waals surface area contributed by atoms with Crippen molar-refractivity contribution in [2.24, 2.45) is 0 Å². The van der Waals surface area contributed by atoms with Crippen LogP contribution in [0.4, 0.5) is 5.69 Å². The Labute approximate surface area is 88.4 Å². The number of aliphatic hydroxyl groups excluding tert-OH is 1. The van der Waals surface area contributed by atoms with Crippen LogP contribution in [-0.4, -0.2) is 11.0 Å². The normalized spacial score (nSPS) is 18.3. The Hall–Kier alpha value is -1.61. The van der Waals surface area contributed by atoms with E-state index < -0.39 is 0 Å². The Morgan fingerprint density at radius 3 is 3.13 bits per heavy atom. The molecule has 0 bridgehead atoms. The third-order valence-electron chi connectivity index (χ3n) is 2.68. The highest BCUT2D eigenvalue weighted by molar-refractivity contribution is 5.99. The molecule has 2 rings (SSSR count). The van der Waals surface area contributed by atoms with Crippen molar-refractivity contribution in [1.29, 1.82) is 0 Å². The number of nitrogens with one attached hydrogen (secondary N) is 1. The molecule has 0 aliphatic heterocycles. The topological polar surface area (TPSA) is 49.3 Å². The molecule has 15 heavy (non-hydrogen) atoms. The van der Waals surface area contributed by atoms with Crippen LogP contribution in [0.5, 0.6) is 0 Å². The SMILES string of the molecule is C=CC(=O)Nc1cccc2c1CCC2O. The summed E-state index contributed by atoms with van der Waals surface area (Å²) < 4.78 is 0. The average Bonchev–Trinajstić information content (AvgIpc) is 2.62. The number of hydrogen-bond acceptors (Lipinski definition) is 2. The maximum Gasteiger partial charge on any atom is 0.247 e. The molecular formula is C12H13NO2. The summed E-state index contributed by atoms with van der Waals surface area (Å²) in [4.78, 5) is 11.2. The van der Waals surface area contributed by atoms with E-state index in [1.165, 1.54) is 6.08 Å². The minimum Gasteiger partial charge on any atom is -0.388 e. The molecule has 1 aliphatic carbocycles. The number of anilines is 1. The summed E-state index contributed by atoms with van der Waals surface area (Å²) in [6.45, 7) is 3.40. The lowest BCUT2D eigenvalue weighted by atomic mass is 10.1. The molecule has 78 valence electrons. The Kier molecular flexibility index (Phi) is 2.56. The molecule has 0 radical (unpaired) electrons. The average molecular weight is 203 g/mol. The molecule has 1 aliphatic rings. The van der Waals surface area contributed by atoms with Crippen molar-refractivity contribution in [3.63, 3.8) is 0 Å². The van der Waals surface area contributed by atoms with Gasteiger partial charge in [0, 0.05) is 5.69 Å². The van der Waals surface area contributed by atoms with E-state index in [1.54, 1.807) is 0 Å². The van der Waals surface area contributed by atoms with Gasteiger partial charge in [-0.2, -0.15) is 0 Å². The molecular weight excluding hydrogens is 190 g/mol. The van der Waals surface area contributed by atoms with E-state index in [2.05, 4.69) is 11.9 Å². The predicted molar refractivity (Wildman–Crippen MR) is 58.5 cm³/mol. The third-order valence-corrected chi connectivity index (χ3v) is 2.68. The standard InChI is InChI=1S/C12H13NO2/c1-2-12(15)13-10-5-3-4-9-8(10)6-7-11(9)14/h2-5,11,14H,1,6-7H2,(H,13,15). The van der Waals surface area contributed by atoms with Crippen molar-refractivity contribution in [3.8, 4) is 0 Å². The first-order chi connectivity index (χ1) is 7.22. The number of fused-ring (bicyclic) bond motifs is 1. The van der Waals surface area contributed by atoms with Gasteiger partial charge in [-0.25, -0.2) is 0 Å². The highest BCUT2D eigenvalue weighted by atomic mass is 16.3. The predicted octanol–water partition coefficient (Wildman–Crippen LogP) is 1.79. The zero-order chi connectivity index (χ0) is 10.8. The first-order valence-corrected chi connectivity index (χ1v) is 4.95. The van der Waals surface area contributed by atoms with Crippen LogP contribution in [0.15, 0.2) is 30.9 Å². The summed E-state index contributed by atoms with van der Waals surface area (Å²) in [7, 11) is 0. The van der Waals surface area contributed by atoms with Crippen LogP contribution in [0, 0.1) is 0 Å². The van der Waals surface area contributed by atoms with Gasteiger partial charge in [0.15, 0.2) is 0 Å². The number of aliphatic hydroxyl groups is 1. The summed E-state index contributed by atoms with van der Waals surface area (Å²) in [6.07, 6.45) is 2.39. The number of hydrogen-bond donors (Lipinski definition) is 2. The maximum absolute atomic E-state index is 11.2. The van der Waals surface area contributed by atoms with Crippen LogP contribution in [0.3, 0.4) is 0 Å². The minimum atomic E-state index is -0.388. The fraction of sp³-hybridized carbons (Fsp3) is 0.250. The van der Waals surface area contributed by atoms with Gasteiger partial charge in [-0.05, 0) is 36.1 Å². The van der Waals surface area contributed by atoms with Crippen molar-refractivity contribution in [2.75, 3.05) is 5.32 Å². The number of carbonyl (C=O) groups excluding carboxylic acids is 1. The van der Waals surface area contributed by atoms with Crippen molar-refractivity contribution in [2.45, 2.75) is 18.9 Å². The molecule has 0 heterocycles.